The van der Waals surface area contributed by atoms with Gasteiger partial charge in [-0.05, 0) is 56.7 Å². The number of hydrogen-bond donors (Lipinski definition) is 1. The summed E-state index contributed by atoms with van der Waals surface area (Å²) in [6.45, 7) is 4.72. The van der Waals surface area contributed by atoms with E-state index in [2.05, 4.69) is 10.3 Å². The summed E-state index contributed by atoms with van der Waals surface area (Å²) in [5, 5.41) is 2.90. The minimum absolute atomic E-state index is 0.00839. The number of nitrogens with zero attached hydrogens (tertiary/aromatic N) is 4. The summed E-state index contributed by atoms with van der Waals surface area (Å²) in [5.41, 5.74) is 3.07. The largest absolute Gasteiger partial charge is 0.351 e. The van der Waals surface area contributed by atoms with E-state index in [1.54, 1.807) is 24.4 Å². The van der Waals surface area contributed by atoms with E-state index in [1.165, 1.54) is 0 Å². The van der Waals surface area contributed by atoms with E-state index in [0.29, 0.717) is 25.1 Å². The number of hydrogen-bond acceptors (Lipinski definition) is 4. The monoisotopic (exact) mass is 455 g/mol. The summed E-state index contributed by atoms with van der Waals surface area (Å²) in [4.78, 5) is 36.4. The SMILES string of the molecule is CC(C)N(C(=O)Cn1c(CCCNC(=O)c2ccccn2)nc2ccccc21)c1ccccc1. The molecule has 0 fully saturated rings. The third-order valence-corrected chi connectivity index (χ3v) is 5.61. The van der Waals surface area contributed by atoms with Crippen molar-refractivity contribution in [1.29, 1.82) is 0 Å². The molecule has 0 aliphatic rings. The Morgan fingerprint density at radius 3 is 2.44 bits per heavy atom. The van der Waals surface area contributed by atoms with Gasteiger partial charge in [-0.25, -0.2) is 4.98 Å². The van der Waals surface area contributed by atoms with Gasteiger partial charge in [-0.15, -0.1) is 0 Å². The van der Waals surface area contributed by atoms with Gasteiger partial charge in [-0.1, -0.05) is 36.4 Å². The molecule has 4 rings (SSSR count). The molecule has 0 aliphatic heterocycles. The smallest absolute Gasteiger partial charge is 0.269 e. The second kappa shape index (κ2) is 10.7. The average molecular weight is 456 g/mol. The first-order valence-corrected chi connectivity index (χ1v) is 11.5. The Labute approximate surface area is 199 Å². The number of carbonyl (C=O) groups is 2. The van der Waals surface area contributed by atoms with E-state index in [4.69, 9.17) is 4.98 Å². The maximum absolute atomic E-state index is 13.4. The molecule has 1 N–H and O–H groups in total. The van der Waals surface area contributed by atoms with Crippen LogP contribution in [0.3, 0.4) is 0 Å². The van der Waals surface area contributed by atoms with Crippen LogP contribution in [0, 0.1) is 0 Å². The molecule has 34 heavy (non-hydrogen) atoms. The summed E-state index contributed by atoms with van der Waals surface area (Å²) in [5.74, 6) is 0.646. The van der Waals surface area contributed by atoms with Crippen LogP contribution >= 0.6 is 0 Å². The van der Waals surface area contributed by atoms with E-state index in [-0.39, 0.29) is 24.4 Å². The first kappa shape index (κ1) is 23.2. The van der Waals surface area contributed by atoms with Gasteiger partial charge in [0.15, 0.2) is 0 Å². The third kappa shape index (κ3) is 5.31. The molecule has 2 aromatic carbocycles. The predicted octanol–water partition coefficient (Wildman–Crippen LogP) is 4.24. The quantitative estimate of drug-likeness (QED) is 0.383. The van der Waals surface area contributed by atoms with Crippen LogP contribution in [0.2, 0.25) is 0 Å². The Morgan fingerprint density at radius 2 is 1.71 bits per heavy atom. The Morgan fingerprint density at radius 1 is 0.971 bits per heavy atom. The molecule has 0 aliphatic carbocycles. The molecule has 7 heteroatoms. The van der Waals surface area contributed by atoms with Crippen molar-refractivity contribution in [2.45, 2.75) is 39.3 Å². The van der Waals surface area contributed by atoms with E-state index in [0.717, 1.165) is 22.5 Å². The second-order valence-electron chi connectivity index (χ2n) is 8.37. The molecule has 0 spiro atoms. The average Bonchev–Trinajstić information content (AvgIpc) is 3.20. The fourth-order valence-electron chi connectivity index (χ4n) is 4.06. The summed E-state index contributed by atoms with van der Waals surface area (Å²) >= 11 is 0. The van der Waals surface area contributed by atoms with Crippen molar-refractivity contribution in [3.8, 4) is 0 Å². The molecule has 174 valence electrons. The van der Waals surface area contributed by atoms with Gasteiger partial charge < -0.3 is 14.8 Å². The van der Waals surface area contributed by atoms with E-state index >= 15 is 0 Å². The Balaban J connectivity index is 1.49. The molecule has 0 bridgehead atoms. The number of para-hydroxylation sites is 3. The number of benzene rings is 2. The lowest BCUT2D eigenvalue weighted by atomic mass is 10.2. The molecule has 0 unspecified atom stereocenters. The number of aromatic nitrogens is 3. The number of nitrogens with one attached hydrogen (secondary N) is 1. The number of amides is 2. The van der Waals surface area contributed by atoms with Gasteiger partial charge >= 0.3 is 0 Å². The van der Waals surface area contributed by atoms with Crippen molar-refractivity contribution in [3.63, 3.8) is 0 Å². The number of carbonyl (C=O) groups excluding carboxylic acids is 2. The molecule has 2 aromatic heterocycles. The lowest BCUT2D eigenvalue weighted by Gasteiger charge is -2.27. The van der Waals surface area contributed by atoms with E-state index in [9.17, 15) is 9.59 Å². The van der Waals surface area contributed by atoms with Crippen molar-refractivity contribution < 1.29 is 9.59 Å². The van der Waals surface area contributed by atoms with E-state index < -0.39 is 0 Å². The van der Waals surface area contributed by atoms with Gasteiger partial charge in [0.05, 0.1) is 11.0 Å². The molecule has 0 saturated heterocycles. The van der Waals surface area contributed by atoms with Crippen molar-refractivity contribution in [3.05, 3.63) is 90.5 Å². The van der Waals surface area contributed by atoms with Crippen LogP contribution in [0.1, 0.15) is 36.6 Å². The van der Waals surface area contributed by atoms with Gasteiger partial charge in [-0.2, -0.15) is 0 Å². The number of anilines is 1. The van der Waals surface area contributed by atoms with Gasteiger partial charge in [-0.3, -0.25) is 14.6 Å². The molecule has 7 nitrogen and oxygen atoms in total. The maximum Gasteiger partial charge on any atom is 0.269 e. The summed E-state index contributed by atoms with van der Waals surface area (Å²) < 4.78 is 2.00. The van der Waals surface area contributed by atoms with Crippen LogP contribution in [0.5, 0.6) is 0 Å². The normalized spacial score (nSPS) is 11.0. The van der Waals surface area contributed by atoms with Crippen LogP contribution < -0.4 is 10.2 Å². The topological polar surface area (TPSA) is 80.1 Å². The predicted molar refractivity (Wildman–Crippen MR) is 134 cm³/mol. The Kier molecular flexibility index (Phi) is 7.32. The van der Waals surface area contributed by atoms with Crippen LogP contribution in [-0.4, -0.2) is 38.9 Å². The zero-order chi connectivity index (χ0) is 23.9. The Hall–Kier alpha value is -4.00. The third-order valence-electron chi connectivity index (χ3n) is 5.61. The zero-order valence-electron chi connectivity index (χ0n) is 19.5. The zero-order valence-corrected chi connectivity index (χ0v) is 19.5. The van der Waals surface area contributed by atoms with Crippen LogP contribution in [0.15, 0.2) is 79.0 Å². The van der Waals surface area contributed by atoms with Gasteiger partial charge in [0, 0.05) is 30.9 Å². The lowest BCUT2D eigenvalue weighted by molar-refractivity contribution is -0.119. The van der Waals surface area contributed by atoms with Crippen LogP contribution in [-0.2, 0) is 17.8 Å². The highest BCUT2D eigenvalue weighted by molar-refractivity contribution is 5.94. The number of fused-ring (bicyclic) bond motifs is 1. The van der Waals surface area contributed by atoms with Crippen molar-refractivity contribution >= 4 is 28.5 Å². The molecule has 0 radical (unpaired) electrons. The summed E-state index contributed by atoms with van der Waals surface area (Å²) in [7, 11) is 0. The fraction of sp³-hybridized carbons (Fsp3) is 0.259. The van der Waals surface area contributed by atoms with Gasteiger partial charge in [0.25, 0.3) is 5.91 Å². The lowest BCUT2D eigenvalue weighted by Crippen LogP contribution is -2.39. The van der Waals surface area contributed by atoms with Crippen molar-refractivity contribution in [2.24, 2.45) is 0 Å². The van der Waals surface area contributed by atoms with Crippen LogP contribution in [0.4, 0.5) is 5.69 Å². The number of aryl methyl sites for hydroxylation is 1. The highest BCUT2D eigenvalue weighted by Crippen LogP contribution is 2.21. The van der Waals surface area contributed by atoms with Gasteiger partial charge in [0.1, 0.15) is 18.1 Å². The highest BCUT2D eigenvalue weighted by atomic mass is 16.2. The number of imidazole rings is 1. The molecule has 2 heterocycles. The Bertz CT molecular complexity index is 1250. The fourth-order valence-corrected chi connectivity index (χ4v) is 4.06. The summed E-state index contributed by atoms with van der Waals surface area (Å²) in [6, 6.07) is 22.9. The maximum atomic E-state index is 13.4. The van der Waals surface area contributed by atoms with Gasteiger partial charge in [0.2, 0.25) is 5.91 Å². The number of rotatable bonds is 9. The van der Waals surface area contributed by atoms with Crippen LogP contribution in [0.25, 0.3) is 11.0 Å². The summed E-state index contributed by atoms with van der Waals surface area (Å²) in [6.07, 6.45) is 2.93. The molecule has 0 saturated carbocycles. The molecule has 4 aromatic rings. The number of pyridine rings is 1. The molecular weight excluding hydrogens is 426 g/mol. The molecular formula is C27H29N5O2. The van der Waals surface area contributed by atoms with Crippen molar-refractivity contribution in [2.75, 3.05) is 11.4 Å². The minimum Gasteiger partial charge on any atom is -0.351 e. The van der Waals surface area contributed by atoms with Crippen molar-refractivity contribution in [1.82, 2.24) is 19.9 Å². The first-order valence-electron chi connectivity index (χ1n) is 11.5. The molecule has 2 amide bonds. The minimum atomic E-state index is -0.195. The second-order valence-corrected chi connectivity index (χ2v) is 8.37. The molecule has 0 atom stereocenters. The van der Waals surface area contributed by atoms with E-state index in [1.807, 2.05) is 77.9 Å². The first-order chi connectivity index (χ1) is 16.5. The highest BCUT2D eigenvalue weighted by Gasteiger charge is 2.21. The standard InChI is InChI=1S/C27H29N5O2/c1-20(2)32(21-11-4-3-5-12-21)26(33)19-31-24-15-7-6-13-22(24)30-25(31)16-10-18-29-27(34)23-14-8-9-17-28-23/h3-9,11-15,17,20H,10,16,18-19H2,1-2H3,(H,29,34).